The van der Waals surface area contributed by atoms with Crippen molar-refractivity contribution in [1.29, 1.82) is 0 Å². The fraction of sp³-hybridized carbons (Fsp3) is 0.310. The maximum absolute atomic E-state index is 14.0. The summed E-state index contributed by atoms with van der Waals surface area (Å²) in [6.07, 6.45) is 2.05. The Bertz CT molecular complexity index is 1350. The quantitative estimate of drug-likeness (QED) is 0.251. The molecular weight excluding hydrogens is 557 g/mol. The van der Waals surface area contributed by atoms with Crippen LogP contribution in [0.15, 0.2) is 83.8 Å². The summed E-state index contributed by atoms with van der Waals surface area (Å²) in [4.78, 5) is 28.6. The van der Waals surface area contributed by atoms with Crippen LogP contribution in [0.3, 0.4) is 0 Å². The van der Waals surface area contributed by atoms with Gasteiger partial charge < -0.3 is 10.2 Å². The Morgan fingerprint density at radius 3 is 2.15 bits per heavy atom. The smallest absolute Gasteiger partial charge is 0.264 e. The molecule has 0 aliphatic rings. The summed E-state index contributed by atoms with van der Waals surface area (Å²) in [6.45, 7) is 3.84. The van der Waals surface area contributed by atoms with Gasteiger partial charge in [0.05, 0.1) is 10.6 Å². The molecule has 0 saturated carbocycles. The highest BCUT2D eigenvalue weighted by Gasteiger charge is 2.33. The van der Waals surface area contributed by atoms with E-state index in [4.69, 9.17) is 23.2 Å². The first-order chi connectivity index (χ1) is 18.7. The second-order valence-corrected chi connectivity index (χ2v) is 11.7. The molecule has 1 atom stereocenters. The lowest BCUT2D eigenvalue weighted by atomic mass is 10.1. The monoisotopic (exact) mass is 589 g/mol. The van der Waals surface area contributed by atoms with Gasteiger partial charge in [0.1, 0.15) is 12.6 Å². The average molecular weight is 591 g/mol. The summed E-state index contributed by atoms with van der Waals surface area (Å²) in [6, 6.07) is 20.4. The molecule has 0 fully saturated rings. The van der Waals surface area contributed by atoms with E-state index in [9.17, 15) is 18.0 Å². The molecule has 0 spiro atoms. The number of rotatable bonds is 13. The van der Waals surface area contributed by atoms with Crippen LogP contribution in [0.1, 0.15) is 38.7 Å². The summed E-state index contributed by atoms with van der Waals surface area (Å²) in [5.41, 5.74) is 0.922. The highest BCUT2D eigenvalue weighted by atomic mass is 35.5. The minimum Gasteiger partial charge on any atom is -0.354 e. The van der Waals surface area contributed by atoms with E-state index >= 15 is 0 Å². The fourth-order valence-corrected chi connectivity index (χ4v) is 5.85. The number of amides is 2. The third kappa shape index (κ3) is 7.97. The summed E-state index contributed by atoms with van der Waals surface area (Å²) in [7, 11) is -4.13. The molecule has 0 bridgehead atoms. The zero-order chi connectivity index (χ0) is 28.4. The molecule has 3 aromatic carbocycles. The number of sulfonamides is 1. The van der Waals surface area contributed by atoms with Crippen molar-refractivity contribution in [3.63, 3.8) is 0 Å². The maximum Gasteiger partial charge on any atom is 0.264 e. The average Bonchev–Trinajstić information content (AvgIpc) is 2.93. The van der Waals surface area contributed by atoms with Gasteiger partial charge in [-0.05, 0) is 60.9 Å². The van der Waals surface area contributed by atoms with Gasteiger partial charge in [0.25, 0.3) is 10.0 Å². The van der Waals surface area contributed by atoms with Crippen LogP contribution in [0, 0.1) is 0 Å². The molecule has 10 heteroatoms. The van der Waals surface area contributed by atoms with Crippen LogP contribution in [-0.2, 0) is 26.2 Å². The van der Waals surface area contributed by atoms with Crippen molar-refractivity contribution in [1.82, 2.24) is 10.2 Å². The van der Waals surface area contributed by atoms with Gasteiger partial charge in [0.2, 0.25) is 11.8 Å². The Balaban J connectivity index is 2.02. The Labute approximate surface area is 240 Å². The molecule has 1 N–H and O–H groups in total. The largest absolute Gasteiger partial charge is 0.354 e. The lowest BCUT2D eigenvalue weighted by Crippen LogP contribution is -2.52. The van der Waals surface area contributed by atoms with E-state index in [1.54, 1.807) is 66.7 Å². The van der Waals surface area contributed by atoms with E-state index in [1.165, 1.54) is 17.0 Å². The molecule has 0 radical (unpaired) electrons. The predicted octanol–water partition coefficient (Wildman–Crippen LogP) is 5.91. The second kappa shape index (κ2) is 14.4. The summed E-state index contributed by atoms with van der Waals surface area (Å²) in [5, 5.41) is 3.78. The third-order valence-corrected chi connectivity index (χ3v) is 8.65. The van der Waals surface area contributed by atoms with Gasteiger partial charge in [0.15, 0.2) is 0 Å². The zero-order valence-corrected chi connectivity index (χ0v) is 24.3. The molecule has 0 heterocycles. The summed E-state index contributed by atoms with van der Waals surface area (Å²) < 4.78 is 28.6. The van der Waals surface area contributed by atoms with Gasteiger partial charge in [-0.25, -0.2) is 8.42 Å². The van der Waals surface area contributed by atoms with Crippen molar-refractivity contribution >= 4 is 50.7 Å². The molecule has 0 unspecified atom stereocenters. The van der Waals surface area contributed by atoms with Crippen LogP contribution >= 0.6 is 23.2 Å². The Hall–Kier alpha value is -3.07. The number of nitrogens with one attached hydrogen (secondary N) is 1. The lowest BCUT2D eigenvalue weighted by molar-refractivity contribution is -0.140. The number of hydrogen-bond acceptors (Lipinski definition) is 4. The molecule has 0 aliphatic carbocycles. The van der Waals surface area contributed by atoms with Gasteiger partial charge >= 0.3 is 0 Å². The lowest BCUT2D eigenvalue weighted by Gasteiger charge is -2.33. The highest BCUT2D eigenvalue weighted by molar-refractivity contribution is 7.92. The van der Waals surface area contributed by atoms with E-state index in [0.717, 1.165) is 17.1 Å². The molecule has 0 saturated heterocycles. The Kier molecular flexibility index (Phi) is 11.2. The molecule has 7 nitrogen and oxygen atoms in total. The molecule has 3 rings (SSSR count). The predicted molar refractivity (Wildman–Crippen MR) is 156 cm³/mol. The van der Waals surface area contributed by atoms with E-state index < -0.39 is 28.5 Å². The molecule has 3 aromatic rings. The van der Waals surface area contributed by atoms with Crippen molar-refractivity contribution in [3.8, 4) is 0 Å². The normalized spacial score (nSPS) is 12.0. The standard InChI is InChI=1S/C29H33Cl2N3O4S/c1-3-5-19-32-29(36)27(4-2)33(20-22-11-9-10-14-26(22)31)28(35)21-34(24-17-15-23(30)16-18-24)39(37,38)25-12-7-6-8-13-25/h6-18,27H,3-5,19-21H2,1-2H3,(H,32,36)/t27-/m1/s1. The number of carbonyl (C=O) groups excluding carboxylic acids is 2. The van der Waals surface area contributed by atoms with Crippen molar-refractivity contribution < 1.29 is 18.0 Å². The van der Waals surface area contributed by atoms with Crippen molar-refractivity contribution in [2.75, 3.05) is 17.4 Å². The number of unbranched alkanes of at least 4 members (excludes halogenated alkanes) is 1. The number of halogens is 2. The van der Waals surface area contributed by atoms with Crippen molar-refractivity contribution in [2.45, 2.75) is 50.6 Å². The van der Waals surface area contributed by atoms with Crippen LogP contribution in [0.5, 0.6) is 0 Å². The topological polar surface area (TPSA) is 86.8 Å². The number of benzene rings is 3. The molecule has 0 aromatic heterocycles. The molecular formula is C29H33Cl2N3O4S. The second-order valence-electron chi connectivity index (χ2n) is 8.98. The first-order valence-electron chi connectivity index (χ1n) is 12.8. The molecule has 2 amide bonds. The van der Waals surface area contributed by atoms with Crippen molar-refractivity contribution in [2.24, 2.45) is 0 Å². The van der Waals surface area contributed by atoms with E-state index in [2.05, 4.69) is 5.32 Å². The number of nitrogens with zero attached hydrogens (tertiary/aromatic N) is 2. The Morgan fingerprint density at radius 1 is 0.897 bits per heavy atom. The molecule has 39 heavy (non-hydrogen) atoms. The van der Waals surface area contributed by atoms with Crippen LogP contribution in [-0.4, -0.2) is 44.3 Å². The minimum atomic E-state index is -4.13. The zero-order valence-electron chi connectivity index (χ0n) is 22.0. The summed E-state index contributed by atoms with van der Waals surface area (Å²) >= 11 is 12.5. The van der Waals surface area contributed by atoms with E-state index in [1.807, 2.05) is 13.8 Å². The van der Waals surface area contributed by atoms with Crippen LogP contribution in [0.25, 0.3) is 0 Å². The first kappa shape index (κ1) is 30.5. The highest BCUT2D eigenvalue weighted by Crippen LogP contribution is 2.26. The minimum absolute atomic E-state index is 0.0368. The molecule has 0 aliphatic heterocycles. The van der Waals surface area contributed by atoms with E-state index in [0.29, 0.717) is 28.6 Å². The maximum atomic E-state index is 14.0. The van der Waals surface area contributed by atoms with Crippen LogP contribution in [0.4, 0.5) is 5.69 Å². The third-order valence-electron chi connectivity index (χ3n) is 6.24. The number of anilines is 1. The van der Waals surface area contributed by atoms with Gasteiger partial charge in [-0.2, -0.15) is 0 Å². The summed E-state index contributed by atoms with van der Waals surface area (Å²) in [5.74, 6) is -0.836. The first-order valence-corrected chi connectivity index (χ1v) is 15.0. The number of hydrogen-bond donors (Lipinski definition) is 1. The van der Waals surface area contributed by atoms with Gasteiger partial charge in [0, 0.05) is 23.1 Å². The van der Waals surface area contributed by atoms with E-state index in [-0.39, 0.29) is 23.0 Å². The SMILES string of the molecule is CCCCNC(=O)[C@@H](CC)N(Cc1ccccc1Cl)C(=O)CN(c1ccc(Cl)cc1)S(=O)(=O)c1ccccc1. The van der Waals surface area contributed by atoms with Crippen LogP contribution in [0.2, 0.25) is 10.0 Å². The molecule has 208 valence electrons. The number of carbonyl (C=O) groups is 2. The van der Waals surface area contributed by atoms with Gasteiger partial charge in [-0.15, -0.1) is 0 Å². The Morgan fingerprint density at radius 2 is 1.54 bits per heavy atom. The van der Waals surface area contributed by atoms with Gasteiger partial charge in [-0.3, -0.25) is 13.9 Å². The van der Waals surface area contributed by atoms with Crippen molar-refractivity contribution in [3.05, 3.63) is 94.5 Å². The van der Waals surface area contributed by atoms with Crippen LogP contribution < -0.4 is 9.62 Å². The van der Waals surface area contributed by atoms with Gasteiger partial charge in [-0.1, -0.05) is 79.9 Å². The fourth-order valence-electron chi connectivity index (χ4n) is 4.09.